The summed E-state index contributed by atoms with van der Waals surface area (Å²) in [6.07, 6.45) is 3.63. The quantitative estimate of drug-likeness (QED) is 0.559. The average molecular weight is 333 g/mol. The monoisotopic (exact) mass is 333 g/mol. The third-order valence-corrected chi connectivity index (χ3v) is 4.33. The molecule has 2 aromatic carbocycles. The molecule has 2 heterocycles. The largest absolute Gasteiger partial charge is 0.281 e. The highest BCUT2D eigenvalue weighted by atomic mass is 19.1. The first kappa shape index (κ1) is 15.3. The Kier molecular flexibility index (Phi) is 3.50. The Balaban J connectivity index is 2.06. The zero-order valence-corrected chi connectivity index (χ0v) is 13.9. The SMILES string of the molecule is Cc1cc2cccc(-c3cnn(C)c3)c2c(=O)n1-c1ccc(F)cc1. The fourth-order valence-corrected chi connectivity index (χ4v) is 3.20. The third kappa shape index (κ3) is 2.54. The molecule has 5 heteroatoms. The van der Waals surface area contributed by atoms with E-state index in [2.05, 4.69) is 5.10 Å². The predicted molar refractivity (Wildman–Crippen MR) is 96.4 cm³/mol. The van der Waals surface area contributed by atoms with Gasteiger partial charge in [-0.15, -0.1) is 0 Å². The minimum absolute atomic E-state index is 0.124. The molecule has 25 heavy (non-hydrogen) atoms. The Morgan fingerprint density at radius 1 is 1.08 bits per heavy atom. The summed E-state index contributed by atoms with van der Waals surface area (Å²) in [6.45, 7) is 1.88. The van der Waals surface area contributed by atoms with Gasteiger partial charge in [-0.05, 0) is 48.2 Å². The van der Waals surface area contributed by atoms with Gasteiger partial charge in [-0.25, -0.2) is 4.39 Å². The molecule has 0 aliphatic heterocycles. The molecule has 0 aliphatic rings. The second kappa shape index (κ2) is 5.70. The topological polar surface area (TPSA) is 39.8 Å². The van der Waals surface area contributed by atoms with Crippen molar-refractivity contribution in [3.8, 4) is 16.8 Å². The predicted octanol–water partition coefficient (Wildman–Crippen LogP) is 3.84. The lowest BCUT2D eigenvalue weighted by Gasteiger charge is -2.13. The molecule has 2 aromatic heterocycles. The van der Waals surface area contributed by atoms with Gasteiger partial charge in [-0.2, -0.15) is 5.10 Å². The number of hydrogen-bond donors (Lipinski definition) is 0. The summed E-state index contributed by atoms with van der Waals surface area (Å²) in [6, 6.07) is 13.7. The van der Waals surface area contributed by atoms with Crippen molar-refractivity contribution in [1.82, 2.24) is 14.3 Å². The van der Waals surface area contributed by atoms with Gasteiger partial charge in [0.2, 0.25) is 0 Å². The molecule has 0 aliphatic carbocycles. The molecule has 0 atom stereocenters. The van der Waals surface area contributed by atoms with Gasteiger partial charge >= 0.3 is 0 Å². The van der Waals surface area contributed by atoms with Gasteiger partial charge in [0, 0.05) is 30.2 Å². The van der Waals surface area contributed by atoms with E-state index in [-0.39, 0.29) is 11.4 Å². The van der Waals surface area contributed by atoms with Crippen molar-refractivity contribution in [1.29, 1.82) is 0 Å². The smallest absolute Gasteiger partial charge is 0.263 e. The Labute approximate surface area is 143 Å². The summed E-state index contributed by atoms with van der Waals surface area (Å²) in [5, 5.41) is 5.71. The molecular formula is C20H16FN3O. The molecular weight excluding hydrogens is 317 g/mol. The van der Waals surface area contributed by atoms with Crippen molar-refractivity contribution < 1.29 is 4.39 Å². The van der Waals surface area contributed by atoms with Crippen molar-refractivity contribution >= 4 is 10.8 Å². The van der Waals surface area contributed by atoms with E-state index in [0.29, 0.717) is 11.1 Å². The maximum absolute atomic E-state index is 13.3. The van der Waals surface area contributed by atoms with Gasteiger partial charge < -0.3 is 0 Å². The molecule has 4 nitrogen and oxygen atoms in total. The summed E-state index contributed by atoms with van der Waals surface area (Å²) in [5.41, 5.74) is 3.05. The minimum Gasteiger partial charge on any atom is -0.281 e. The number of hydrogen-bond acceptors (Lipinski definition) is 2. The number of aryl methyl sites for hydroxylation is 2. The molecule has 0 unspecified atom stereocenters. The van der Waals surface area contributed by atoms with Crippen LogP contribution in [0.25, 0.3) is 27.6 Å². The van der Waals surface area contributed by atoms with Crippen LogP contribution in [-0.2, 0) is 7.05 Å². The summed E-state index contributed by atoms with van der Waals surface area (Å²) < 4.78 is 16.6. The molecule has 0 fully saturated rings. The van der Waals surface area contributed by atoms with Crippen LogP contribution in [0.2, 0.25) is 0 Å². The summed E-state index contributed by atoms with van der Waals surface area (Å²) in [4.78, 5) is 13.3. The summed E-state index contributed by atoms with van der Waals surface area (Å²) in [7, 11) is 1.84. The van der Waals surface area contributed by atoms with E-state index < -0.39 is 0 Å². The van der Waals surface area contributed by atoms with Gasteiger partial charge in [0.05, 0.1) is 11.6 Å². The molecule has 0 radical (unpaired) electrons. The standard InChI is InChI=1S/C20H16FN3O/c1-13-10-14-4-3-5-18(15-11-22-23(2)12-15)19(14)20(25)24(13)17-8-6-16(21)7-9-17/h3-12H,1-2H3. The molecule has 4 rings (SSSR count). The number of aromatic nitrogens is 3. The summed E-state index contributed by atoms with van der Waals surface area (Å²) >= 11 is 0. The van der Waals surface area contributed by atoms with Crippen LogP contribution < -0.4 is 5.56 Å². The van der Waals surface area contributed by atoms with Gasteiger partial charge in [0.1, 0.15) is 5.82 Å². The van der Waals surface area contributed by atoms with Crippen molar-refractivity contribution in [2.75, 3.05) is 0 Å². The molecule has 0 saturated carbocycles. The first-order valence-corrected chi connectivity index (χ1v) is 7.95. The number of pyridine rings is 1. The molecule has 124 valence electrons. The van der Waals surface area contributed by atoms with E-state index in [1.165, 1.54) is 12.1 Å². The van der Waals surface area contributed by atoms with Crippen LogP contribution in [0.1, 0.15) is 5.69 Å². The van der Waals surface area contributed by atoms with E-state index in [1.807, 2.05) is 44.4 Å². The number of rotatable bonds is 2. The van der Waals surface area contributed by atoms with E-state index in [1.54, 1.807) is 27.6 Å². The van der Waals surface area contributed by atoms with E-state index in [4.69, 9.17) is 0 Å². The minimum atomic E-state index is -0.328. The fourth-order valence-electron chi connectivity index (χ4n) is 3.20. The number of fused-ring (bicyclic) bond motifs is 1. The molecule has 0 spiro atoms. The lowest BCUT2D eigenvalue weighted by molar-refractivity contribution is 0.627. The Morgan fingerprint density at radius 3 is 2.52 bits per heavy atom. The average Bonchev–Trinajstić information content (AvgIpc) is 3.02. The molecule has 4 aromatic rings. The zero-order chi connectivity index (χ0) is 17.6. The van der Waals surface area contributed by atoms with Gasteiger partial charge in [0.15, 0.2) is 0 Å². The second-order valence-electron chi connectivity index (χ2n) is 6.08. The van der Waals surface area contributed by atoms with Crippen LogP contribution in [0.3, 0.4) is 0 Å². The lowest BCUT2D eigenvalue weighted by Crippen LogP contribution is -2.21. The van der Waals surface area contributed by atoms with Crippen molar-refractivity contribution in [3.63, 3.8) is 0 Å². The fraction of sp³-hybridized carbons (Fsp3) is 0.100. The van der Waals surface area contributed by atoms with Crippen LogP contribution in [-0.4, -0.2) is 14.3 Å². The Morgan fingerprint density at radius 2 is 1.84 bits per heavy atom. The van der Waals surface area contributed by atoms with Gasteiger partial charge in [0.25, 0.3) is 5.56 Å². The third-order valence-electron chi connectivity index (χ3n) is 4.33. The first-order valence-electron chi connectivity index (χ1n) is 7.95. The molecule has 0 saturated heterocycles. The van der Waals surface area contributed by atoms with Crippen LogP contribution in [0, 0.1) is 12.7 Å². The Bertz CT molecular complexity index is 1140. The van der Waals surface area contributed by atoms with Crippen molar-refractivity contribution in [2.24, 2.45) is 7.05 Å². The highest BCUT2D eigenvalue weighted by Gasteiger charge is 2.14. The highest BCUT2D eigenvalue weighted by Crippen LogP contribution is 2.27. The molecule has 0 bridgehead atoms. The number of halogens is 1. The maximum atomic E-state index is 13.3. The van der Waals surface area contributed by atoms with Crippen LogP contribution in [0.4, 0.5) is 4.39 Å². The maximum Gasteiger partial charge on any atom is 0.263 e. The lowest BCUT2D eigenvalue weighted by atomic mass is 10.0. The van der Waals surface area contributed by atoms with Crippen molar-refractivity contribution in [3.05, 3.63) is 82.8 Å². The van der Waals surface area contributed by atoms with Crippen molar-refractivity contribution in [2.45, 2.75) is 6.92 Å². The van der Waals surface area contributed by atoms with E-state index in [9.17, 15) is 9.18 Å². The number of benzene rings is 2. The van der Waals surface area contributed by atoms with Crippen LogP contribution in [0.5, 0.6) is 0 Å². The highest BCUT2D eigenvalue weighted by molar-refractivity contribution is 5.96. The van der Waals surface area contributed by atoms with Gasteiger partial charge in [-0.3, -0.25) is 14.0 Å². The zero-order valence-electron chi connectivity index (χ0n) is 13.9. The van der Waals surface area contributed by atoms with Crippen LogP contribution >= 0.6 is 0 Å². The van der Waals surface area contributed by atoms with Gasteiger partial charge in [-0.1, -0.05) is 18.2 Å². The first-order chi connectivity index (χ1) is 12.0. The van der Waals surface area contributed by atoms with E-state index >= 15 is 0 Å². The molecule has 0 N–H and O–H groups in total. The Hall–Kier alpha value is -3.21. The summed E-state index contributed by atoms with van der Waals surface area (Å²) in [5.74, 6) is -0.328. The number of nitrogens with zero attached hydrogens (tertiary/aromatic N) is 3. The molecule has 0 amide bonds. The second-order valence-corrected chi connectivity index (χ2v) is 6.08. The van der Waals surface area contributed by atoms with Crippen LogP contribution in [0.15, 0.2) is 65.7 Å². The normalized spacial score (nSPS) is 11.2. The van der Waals surface area contributed by atoms with E-state index in [0.717, 1.165) is 22.2 Å².